The Kier molecular flexibility index (Phi) is 7.83. The molecule has 0 bridgehead atoms. The first-order valence-corrected chi connectivity index (χ1v) is 17.5. The molecular formula is C48H36N2. The lowest BCUT2D eigenvalue weighted by atomic mass is 9.70. The molecule has 9 rings (SSSR count). The topological polar surface area (TPSA) is 25.8 Å². The maximum atomic E-state index is 5.24. The molecular weight excluding hydrogens is 605 g/mol. The monoisotopic (exact) mass is 640 g/mol. The van der Waals surface area contributed by atoms with Gasteiger partial charge in [0, 0.05) is 46.3 Å². The lowest BCUT2D eigenvalue weighted by molar-refractivity contribution is 0.618. The summed E-state index contributed by atoms with van der Waals surface area (Å²) in [4.78, 5) is 10.3. The molecule has 3 aromatic carbocycles. The zero-order valence-corrected chi connectivity index (χ0v) is 27.7. The fourth-order valence-electron chi connectivity index (χ4n) is 7.61. The average Bonchev–Trinajstić information content (AvgIpc) is 3.21. The van der Waals surface area contributed by atoms with Crippen LogP contribution in [0.1, 0.15) is 23.6 Å². The van der Waals surface area contributed by atoms with E-state index < -0.39 is 0 Å². The first-order chi connectivity index (χ1) is 24.8. The molecule has 4 aliphatic carbocycles. The highest BCUT2D eigenvalue weighted by atomic mass is 14.7. The van der Waals surface area contributed by atoms with Gasteiger partial charge >= 0.3 is 0 Å². The molecule has 0 spiro atoms. The number of pyridine rings is 2. The summed E-state index contributed by atoms with van der Waals surface area (Å²) in [6, 6.07) is 36.9. The van der Waals surface area contributed by atoms with Gasteiger partial charge in [0.25, 0.3) is 0 Å². The third-order valence-electron chi connectivity index (χ3n) is 10.2. The molecule has 0 fully saturated rings. The fraction of sp³-hybridized carbons (Fsp3) is 0.0833. The Bertz CT molecular complexity index is 2330. The second kappa shape index (κ2) is 13.1. The molecule has 50 heavy (non-hydrogen) atoms. The first kappa shape index (κ1) is 30.0. The van der Waals surface area contributed by atoms with Crippen molar-refractivity contribution in [3.05, 3.63) is 211 Å². The van der Waals surface area contributed by atoms with E-state index in [1.165, 1.54) is 27.8 Å². The smallest absolute Gasteiger partial charge is 0.0711 e. The number of aromatic nitrogens is 2. The van der Waals surface area contributed by atoms with Crippen LogP contribution in [-0.4, -0.2) is 9.97 Å². The number of hydrogen-bond donors (Lipinski definition) is 0. The van der Waals surface area contributed by atoms with E-state index in [2.05, 4.69) is 176 Å². The molecule has 4 aliphatic rings. The van der Waals surface area contributed by atoms with Gasteiger partial charge in [-0.15, -0.1) is 0 Å². The van der Waals surface area contributed by atoms with Crippen molar-refractivity contribution in [1.29, 1.82) is 0 Å². The van der Waals surface area contributed by atoms with E-state index in [0.717, 1.165) is 51.3 Å². The van der Waals surface area contributed by atoms with E-state index in [0.29, 0.717) is 11.8 Å². The van der Waals surface area contributed by atoms with Crippen LogP contribution in [0.2, 0.25) is 0 Å². The normalized spacial score (nSPS) is 20.1. The number of nitrogens with zero attached hydrogens (tertiary/aromatic N) is 2. The maximum Gasteiger partial charge on any atom is 0.0711 e. The van der Waals surface area contributed by atoms with Crippen LogP contribution in [-0.2, 0) is 0 Å². The zero-order valence-electron chi connectivity index (χ0n) is 27.7. The van der Waals surface area contributed by atoms with Crippen molar-refractivity contribution in [3.8, 4) is 44.8 Å². The number of hydrogen-bond acceptors (Lipinski definition) is 2. The molecule has 0 aliphatic heterocycles. The van der Waals surface area contributed by atoms with Gasteiger partial charge in [-0.05, 0) is 81.8 Å². The summed E-state index contributed by atoms with van der Waals surface area (Å²) >= 11 is 0. The van der Waals surface area contributed by atoms with Gasteiger partial charge in [-0.3, -0.25) is 9.97 Å². The van der Waals surface area contributed by atoms with Crippen LogP contribution in [0.3, 0.4) is 0 Å². The lowest BCUT2D eigenvalue weighted by Crippen LogP contribution is -2.21. The van der Waals surface area contributed by atoms with Gasteiger partial charge in [0.2, 0.25) is 0 Å². The highest BCUT2D eigenvalue weighted by Gasteiger charge is 2.30. The van der Waals surface area contributed by atoms with Gasteiger partial charge in [-0.25, -0.2) is 0 Å². The standard InChI is InChI=1S/C48H36N2/c1-4-14-33(15-5-1)37-24-25-46(49-32-37)41-27-38(26-40(28-41)45-29-36-20-10-11-21-42(36)43-22-12-13-23-44(43)45)39-30-47(34-16-6-2-7-17-34)50-48(31-39)35-18-8-3-9-19-35/h1-18,20-32,35,42-43H,19H2. The second-order valence-electron chi connectivity index (χ2n) is 13.3. The van der Waals surface area contributed by atoms with Crippen LogP contribution in [0, 0.1) is 11.8 Å². The Hall–Kier alpha value is -6.12. The molecule has 5 aromatic rings. The summed E-state index contributed by atoms with van der Waals surface area (Å²) in [5.74, 6) is 0.881. The summed E-state index contributed by atoms with van der Waals surface area (Å²) in [6.45, 7) is 0. The third kappa shape index (κ3) is 5.80. The minimum atomic E-state index is 0.230. The van der Waals surface area contributed by atoms with Crippen LogP contribution in [0.25, 0.3) is 50.3 Å². The van der Waals surface area contributed by atoms with Gasteiger partial charge in [0.1, 0.15) is 0 Å². The maximum absolute atomic E-state index is 5.24. The van der Waals surface area contributed by atoms with Gasteiger partial charge < -0.3 is 0 Å². The minimum absolute atomic E-state index is 0.230. The van der Waals surface area contributed by atoms with Gasteiger partial charge in [0.15, 0.2) is 0 Å². The summed E-state index contributed by atoms with van der Waals surface area (Å²) in [6.07, 6.45) is 32.1. The van der Waals surface area contributed by atoms with Crippen LogP contribution >= 0.6 is 0 Å². The number of allylic oxidation sites excluding steroid dienone is 16. The molecule has 3 unspecified atom stereocenters. The molecule has 0 saturated heterocycles. The van der Waals surface area contributed by atoms with Crippen molar-refractivity contribution in [3.63, 3.8) is 0 Å². The molecule has 2 heteroatoms. The van der Waals surface area contributed by atoms with Crippen molar-refractivity contribution >= 4 is 5.57 Å². The molecule has 0 saturated carbocycles. The summed E-state index contributed by atoms with van der Waals surface area (Å²) < 4.78 is 0. The molecule has 0 N–H and O–H groups in total. The molecule has 2 nitrogen and oxygen atoms in total. The Morgan fingerprint density at radius 1 is 0.500 bits per heavy atom. The molecule has 3 atom stereocenters. The molecule has 2 aromatic heterocycles. The summed E-state index contributed by atoms with van der Waals surface area (Å²) in [7, 11) is 0. The van der Waals surface area contributed by atoms with Crippen molar-refractivity contribution < 1.29 is 0 Å². The lowest BCUT2D eigenvalue weighted by Gasteiger charge is -2.33. The van der Waals surface area contributed by atoms with Gasteiger partial charge in [0.05, 0.1) is 11.4 Å². The number of fused-ring (bicyclic) bond motifs is 3. The Morgan fingerprint density at radius 3 is 2.00 bits per heavy atom. The fourth-order valence-corrected chi connectivity index (χ4v) is 7.61. The quantitative estimate of drug-likeness (QED) is 0.185. The van der Waals surface area contributed by atoms with E-state index in [1.807, 2.05) is 12.3 Å². The summed E-state index contributed by atoms with van der Waals surface area (Å²) in [5.41, 5.74) is 15.0. The van der Waals surface area contributed by atoms with Crippen molar-refractivity contribution in [2.75, 3.05) is 0 Å². The van der Waals surface area contributed by atoms with Crippen LogP contribution in [0.4, 0.5) is 0 Å². The van der Waals surface area contributed by atoms with E-state index in [1.54, 1.807) is 0 Å². The zero-order chi connectivity index (χ0) is 33.3. The predicted octanol–water partition coefficient (Wildman–Crippen LogP) is 11.9. The van der Waals surface area contributed by atoms with E-state index >= 15 is 0 Å². The van der Waals surface area contributed by atoms with Crippen LogP contribution in [0.15, 0.2) is 199 Å². The largest absolute Gasteiger partial charge is 0.256 e. The number of rotatable bonds is 6. The Labute approximate surface area is 294 Å². The van der Waals surface area contributed by atoms with Gasteiger partial charge in [-0.1, -0.05) is 146 Å². The molecule has 2 heterocycles. The molecule has 0 amide bonds. The molecule has 238 valence electrons. The average molecular weight is 641 g/mol. The third-order valence-corrected chi connectivity index (χ3v) is 10.2. The molecule has 0 radical (unpaired) electrons. The van der Waals surface area contributed by atoms with Gasteiger partial charge in [-0.2, -0.15) is 0 Å². The van der Waals surface area contributed by atoms with E-state index in [9.17, 15) is 0 Å². The first-order valence-electron chi connectivity index (χ1n) is 17.5. The summed E-state index contributed by atoms with van der Waals surface area (Å²) in [5, 5.41) is 0. The van der Waals surface area contributed by atoms with E-state index in [4.69, 9.17) is 9.97 Å². The van der Waals surface area contributed by atoms with Crippen molar-refractivity contribution in [2.45, 2.75) is 12.3 Å². The van der Waals surface area contributed by atoms with Crippen LogP contribution < -0.4 is 0 Å². The minimum Gasteiger partial charge on any atom is -0.256 e. The SMILES string of the molecule is C1=CCC(c2cc(-c3cc(C4=C5C=CC=CC5C5C=CC=CC5=C4)cc(-c4ccc(-c5ccccc5)cn4)c3)cc(-c3ccccc3)n2)C=C1. The van der Waals surface area contributed by atoms with Crippen LogP contribution in [0.5, 0.6) is 0 Å². The highest BCUT2D eigenvalue weighted by molar-refractivity contribution is 5.88. The second-order valence-corrected chi connectivity index (χ2v) is 13.3. The predicted molar refractivity (Wildman–Crippen MR) is 208 cm³/mol. The Balaban J connectivity index is 1.24. The van der Waals surface area contributed by atoms with Crippen molar-refractivity contribution in [1.82, 2.24) is 9.97 Å². The van der Waals surface area contributed by atoms with E-state index in [-0.39, 0.29) is 5.92 Å². The number of benzene rings is 3. The highest BCUT2D eigenvalue weighted by Crippen LogP contribution is 2.45. The van der Waals surface area contributed by atoms with Crippen molar-refractivity contribution in [2.24, 2.45) is 11.8 Å². The Morgan fingerprint density at radius 2 is 1.22 bits per heavy atom.